The molecule has 1 aliphatic heterocycles. The normalized spacial score (nSPS) is 18.7. The average Bonchev–Trinajstić information content (AvgIpc) is 2.84. The number of rotatable bonds is 11. The van der Waals surface area contributed by atoms with Crippen LogP contribution in [0.3, 0.4) is 0 Å². The zero-order valence-corrected chi connectivity index (χ0v) is 22.6. The molecule has 0 spiro atoms. The number of hydrogen-bond donors (Lipinski definition) is 3. The van der Waals surface area contributed by atoms with Crippen molar-refractivity contribution in [2.24, 2.45) is 11.3 Å². The Labute approximate surface area is 220 Å². The third kappa shape index (κ3) is 12.3. The Balaban J connectivity index is 2.59. The van der Waals surface area contributed by atoms with E-state index in [2.05, 4.69) is 22.5 Å². The van der Waals surface area contributed by atoms with Gasteiger partial charge in [-0.2, -0.15) is 0 Å². The van der Waals surface area contributed by atoms with E-state index in [0.29, 0.717) is 19.3 Å². The maximum Gasteiger partial charge on any atom is 0.373 e. The van der Waals surface area contributed by atoms with Crippen LogP contribution in [-0.4, -0.2) is 48.2 Å². The van der Waals surface area contributed by atoms with Gasteiger partial charge in [0.2, 0.25) is 11.8 Å². The molecule has 0 bridgehead atoms. The predicted octanol–water partition coefficient (Wildman–Crippen LogP) is 3.46. The zero-order chi connectivity index (χ0) is 27.8. The Morgan fingerprint density at radius 1 is 1.24 bits per heavy atom. The maximum absolute atomic E-state index is 12.7. The highest BCUT2D eigenvalue weighted by Gasteiger charge is 2.32. The van der Waals surface area contributed by atoms with Gasteiger partial charge in [-0.15, -0.1) is 0 Å². The number of ether oxygens (including phenoxy) is 2. The number of carbonyl (C=O) groups excluding carboxylic acids is 3. The van der Waals surface area contributed by atoms with Gasteiger partial charge in [0.15, 0.2) is 5.76 Å². The van der Waals surface area contributed by atoms with Gasteiger partial charge in [-0.3, -0.25) is 9.59 Å². The highest BCUT2D eigenvalue weighted by molar-refractivity contribution is 5.93. The summed E-state index contributed by atoms with van der Waals surface area (Å²) in [5.74, 6) is 4.46. The summed E-state index contributed by atoms with van der Waals surface area (Å²) >= 11 is 0. The molecule has 3 N–H and O–H groups in total. The first-order valence-corrected chi connectivity index (χ1v) is 12.3. The van der Waals surface area contributed by atoms with Crippen molar-refractivity contribution < 1.29 is 29.0 Å². The van der Waals surface area contributed by atoms with Gasteiger partial charge in [-0.25, -0.2) is 4.79 Å². The molecule has 0 saturated carbocycles. The second-order valence-corrected chi connectivity index (χ2v) is 9.71. The molecular weight excluding hydrogens is 472 g/mol. The van der Waals surface area contributed by atoms with Gasteiger partial charge in [-0.1, -0.05) is 63.8 Å². The number of cyclic esters (lactones) is 1. The molecule has 8 heteroatoms. The number of nitrogens with one attached hydrogen (secondary N) is 2. The van der Waals surface area contributed by atoms with Crippen LogP contribution < -0.4 is 10.6 Å². The van der Waals surface area contributed by atoms with Crippen molar-refractivity contribution in [3.63, 3.8) is 0 Å². The molecular formula is C29H40N2O6. The standard InChI is InChI=1S/C29H40N2O6/c1-7-8-15-22(32)16-13-20-30-27(34)26(29(3,4)5)31-25(33)17-12-10-9-11-14-21(2)23-18-19-24(36-6)28(35)37-23/h7-8,11-14,17,19-23,26,32H,15-16,18H2,1-6H3,(H,30,34)(H,31,33)/b8-7-,14-11-,17-12+,20-13-/t21-,22-,23-,26?/m0/s1. The molecule has 1 heterocycles. The first kappa shape index (κ1) is 31.5. The first-order valence-electron chi connectivity index (χ1n) is 12.3. The van der Waals surface area contributed by atoms with E-state index >= 15 is 0 Å². The lowest BCUT2D eigenvalue weighted by atomic mass is 9.86. The number of aliphatic hydroxyl groups excluding tert-OH is 1. The molecule has 2 amide bonds. The van der Waals surface area contributed by atoms with Gasteiger partial charge < -0.3 is 25.2 Å². The maximum atomic E-state index is 12.7. The summed E-state index contributed by atoms with van der Waals surface area (Å²) < 4.78 is 10.3. The van der Waals surface area contributed by atoms with Crippen LogP contribution in [0.15, 0.2) is 60.6 Å². The van der Waals surface area contributed by atoms with Crippen molar-refractivity contribution in [1.82, 2.24) is 10.6 Å². The minimum absolute atomic E-state index is 0.0447. The summed E-state index contributed by atoms with van der Waals surface area (Å²) in [6, 6.07) is -0.776. The summed E-state index contributed by atoms with van der Waals surface area (Å²) in [6.07, 6.45) is 15.5. The van der Waals surface area contributed by atoms with Crippen LogP contribution in [0.1, 0.15) is 53.9 Å². The average molecular weight is 513 g/mol. The van der Waals surface area contributed by atoms with E-state index in [1.165, 1.54) is 25.5 Å². The fourth-order valence-electron chi connectivity index (χ4n) is 3.28. The lowest BCUT2D eigenvalue weighted by molar-refractivity contribution is -0.151. The monoisotopic (exact) mass is 512 g/mol. The fraction of sp³-hybridized carbons (Fsp3) is 0.483. The second-order valence-electron chi connectivity index (χ2n) is 9.71. The van der Waals surface area contributed by atoms with E-state index in [1.54, 1.807) is 18.2 Å². The molecule has 0 fully saturated rings. The summed E-state index contributed by atoms with van der Waals surface area (Å²) in [5.41, 5.74) is -0.529. The van der Waals surface area contributed by atoms with Gasteiger partial charge in [0.1, 0.15) is 12.1 Å². The zero-order valence-electron chi connectivity index (χ0n) is 22.6. The van der Waals surface area contributed by atoms with Crippen molar-refractivity contribution >= 4 is 17.8 Å². The van der Waals surface area contributed by atoms with Gasteiger partial charge in [0, 0.05) is 18.4 Å². The summed E-state index contributed by atoms with van der Waals surface area (Å²) in [6.45, 7) is 9.37. The molecule has 1 rings (SSSR count). The van der Waals surface area contributed by atoms with E-state index in [1.807, 2.05) is 52.8 Å². The Morgan fingerprint density at radius 2 is 1.92 bits per heavy atom. The molecule has 0 saturated heterocycles. The van der Waals surface area contributed by atoms with Crippen LogP contribution in [0.5, 0.6) is 0 Å². The predicted molar refractivity (Wildman–Crippen MR) is 144 cm³/mol. The van der Waals surface area contributed by atoms with Crippen LogP contribution in [0.4, 0.5) is 0 Å². The number of aliphatic hydroxyl groups is 1. The SMILES string of the molecule is C/C=C\C[C@H](O)C/C=C\NC(=O)C(NC(=O)/C=C/C#C/C=C\[C@H](C)[C@@H]1CC=C(OC)C(=O)O1)C(C)(C)C. The van der Waals surface area contributed by atoms with Crippen LogP contribution in [0.2, 0.25) is 0 Å². The van der Waals surface area contributed by atoms with Crippen molar-refractivity contribution in [2.75, 3.05) is 7.11 Å². The lowest BCUT2D eigenvalue weighted by Gasteiger charge is -2.29. The number of amides is 2. The Hall–Kier alpha value is -3.57. The first-order chi connectivity index (χ1) is 17.5. The van der Waals surface area contributed by atoms with Crippen molar-refractivity contribution in [1.29, 1.82) is 0 Å². The molecule has 0 aromatic carbocycles. The molecule has 0 aromatic heterocycles. The minimum Gasteiger partial charge on any atom is -0.490 e. The summed E-state index contributed by atoms with van der Waals surface area (Å²) in [7, 11) is 1.43. The van der Waals surface area contributed by atoms with Crippen molar-refractivity contribution in [3.8, 4) is 11.8 Å². The van der Waals surface area contributed by atoms with Crippen LogP contribution in [0, 0.1) is 23.2 Å². The largest absolute Gasteiger partial charge is 0.490 e. The topological polar surface area (TPSA) is 114 Å². The number of allylic oxidation sites excluding steroid dienone is 3. The molecule has 4 atom stereocenters. The molecule has 37 heavy (non-hydrogen) atoms. The van der Waals surface area contributed by atoms with E-state index in [0.717, 1.165) is 0 Å². The molecule has 0 radical (unpaired) electrons. The van der Waals surface area contributed by atoms with Crippen molar-refractivity contribution in [3.05, 3.63) is 60.6 Å². The van der Waals surface area contributed by atoms with Crippen molar-refractivity contribution in [2.45, 2.75) is 72.1 Å². The van der Waals surface area contributed by atoms with E-state index in [9.17, 15) is 19.5 Å². The summed E-state index contributed by atoms with van der Waals surface area (Å²) in [4.78, 5) is 36.8. The van der Waals surface area contributed by atoms with E-state index < -0.39 is 29.4 Å². The third-order valence-corrected chi connectivity index (χ3v) is 5.50. The Kier molecular flexibility index (Phi) is 13.8. The fourth-order valence-corrected chi connectivity index (χ4v) is 3.28. The highest BCUT2D eigenvalue weighted by atomic mass is 16.6. The van der Waals surface area contributed by atoms with Gasteiger partial charge in [0.25, 0.3) is 0 Å². The molecule has 0 aromatic rings. The smallest absolute Gasteiger partial charge is 0.373 e. The number of hydrogen-bond acceptors (Lipinski definition) is 6. The quantitative estimate of drug-likeness (QED) is 0.169. The third-order valence-electron chi connectivity index (χ3n) is 5.50. The number of methoxy groups -OCH3 is 1. The van der Waals surface area contributed by atoms with Crippen LogP contribution in [-0.2, 0) is 23.9 Å². The van der Waals surface area contributed by atoms with E-state index in [-0.39, 0.29) is 23.7 Å². The Morgan fingerprint density at radius 3 is 2.54 bits per heavy atom. The molecule has 1 unspecified atom stereocenters. The lowest BCUT2D eigenvalue weighted by Crippen LogP contribution is -2.52. The molecule has 202 valence electrons. The highest BCUT2D eigenvalue weighted by Crippen LogP contribution is 2.21. The molecule has 1 aliphatic rings. The van der Waals surface area contributed by atoms with Crippen LogP contribution in [0.25, 0.3) is 0 Å². The minimum atomic E-state index is -0.776. The van der Waals surface area contributed by atoms with Gasteiger partial charge in [0.05, 0.1) is 13.2 Å². The number of esters is 1. The van der Waals surface area contributed by atoms with Crippen LogP contribution >= 0.6 is 0 Å². The van der Waals surface area contributed by atoms with E-state index in [4.69, 9.17) is 9.47 Å². The second kappa shape index (κ2) is 16.2. The van der Waals surface area contributed by atoms with Gasteiger partial charge >= 0.3 is 5.97 Å². The number of carbonyl (C=O) groups is 3. The van der Waals surface area contributed by atoms with Gasteiger partial charge in [-0.05, 0) is 49.6 Å². The summed E-state index contributed by atoms with van der Waals surface area (Å²) in [5, 5.41) is 15.2. The molecule has 8 nitrogen and oxygen atoms in total. The Bertz CT molecular complexity index is 988. The molecule has 0 aliphatic carbocycles.